The van der Waals surface area contributed by atoms with Crippen LogP contribution in [0.3, 0.4) is 0 Å². The van der Waals surface area contributed by atoms with E-state index in [4.69, 9.17) is 27.9 Å². The van der Waals surface area contributed by atoms with Gasteiger partial charge in [0, 0.05) is 28.4 Å². The third-order valence-electron chi connectivity index (χ3n) is 4.19. The summed E-state index contributed by atoms with van der Waals surface area (Å²) in [6, 6.07) is 13.9. The van der Waals surface area contributed by atoms with Crippen molar-refractivity contribution in [1.29, 1.82) is 5.26 Å². The number of ether oxygens (including phenoxy) is 1. The maximum Gasteiger partial charge on any atom is 0.325 e. The topological polar surface area (TPSA) is 84.1 Å². The van der Waals surface area contributed by atoms with Crippen LogP contribution in [0.1, 0.15) is 5.56 Å². The highest BCUT2D eigenvalue weighted by atomic mass is 35.5. The zero-order chi connectivity index (χ0) is 21.0. The Bertz CT molecular complexity index is 1180. The van der Waals surface area contributed by atoms with E-state index in [9.17, 15) is 14.9 Å². The number of nitriles is 1. The Morgan fingerprint density at radius 2 is 1.97 bits per heavy atom. The summed E-state index contributed by atoms with van der Waals surface area (Å²) in [5.74, 6) is -0.991. The Hall–Kier alpha value is -3.27. The summed E-state index contributed by atoms with van der Waals surface area (Å²) < 4.78 is 6.43. The molecule has 0 spiro atoms. The number of hydrogen-bond acceptors (Lipinski definition) is 4. The highest BCUT2D eigenvalue weighted by Crippen LogP contribution is 2.26. The average molecular weight is 428 g/mol. The number of benzene rings is 2. The molecule has 1 N–H and O–H groups in total. The predicted octanol–water partition coefficient (Wildman–Crippen LogP) is 4.67. The molecule has 2 aromatic carbocycles. The van der Waals surface area contributed by atoms with Crippen LogP contribution < -0.4 is 5.32 Å². The van der Waals surface area contributed by atoms with Crippen LogP contribution in [0.15, 0.2) is 54.2 Å². The quantitative estimate of drug-likeness (QED) is 0.364. The van der Waals surface area contributed by atoms with E-state index in [1.165, 1.54) is 19.3 Å². The van der Waals surface area contributed by atoms with Gasteiger partial charge in [-0.3, -0.25) is 9.59 Å². The van der Waals surface area contributed by atoms with E-state index in [2.05, 4.69) is 5.32 Å². The number of carbonyl (C=O) groups is 2. The van der Waals surface area contributed by atoms with Gasteiger partial charge in [-0.25, -0.2) is 0 Å². The lowest BCUT2D eigenvalue weighted by atomic mass is 10.1. The summed E-state index contributed by atoms with van der Waals surface area (Å²) in [5.41, 5.74) is 1.73. The zero-order valence-electron chi connectivity index (χ0n) is 15.3. The SMILES string of the molecule is COC(=O)Cn1cc(/C=C(/C#N)C(=O)Nc2ccc(Cl)c(Cl)c2)c2ccccc21. The van der Waals surface area contributed by atoms with Gasteiger partial charge in [0.2, 0.25) is 0 Å². The lowest BCUT2D eigenvalue weighted by molar-refractivity contribution is -0.141. The van der Waals surface area contributed by atoms with Gasteiger partial charge in [-0.2, -0.15) is 5.26 Å². The Morgan fingerprint density at radius 1 is 1.21 bits per heavy atom. The van der Waals surface area contributed by atoms with Crippen molar-refractivity contribution in [1.82, 2.24) is 4.57 Å². The largest absolute Gasteiger partial charge is 0.468 e. The number of para-hydroxylation sites is 1. The minimum absolute atomic E-state index is 0.0161. The van der Waals surface area contributed by atoms with Crippen molar-refractivity contribution in [2.75, 3.05) is 12.4 Å². The number of nitrogens with one attached hydrogen (secondary N) is 1. The van der Waals surface area contributed by atoms with Crippen molar-refractivity contribution < 1.29 is 14.3 Å². The Morgan fingerprint density at radius 3 is 2.66 bits per heavy atom. The molecule has 0 atom stereocenters. The van der Waals surface area contributed by atoms with E-state index in [1.807, 2.05) is 30.3 Å². The van der Waals surface area contributed by atoms with Crippen LogP contribution in [-0.4, -0.2) is 23.6 Å². The molecule has 3 rings (SSSR count). The lowest BCUT2D eigenvalue weighted by Crippen LogP contribution is -2.13. The molecule has 0 unspecified atom stereocenters. The van der Waals surface area contributed by atoms with Gasteiger partial charge < -0.3 is 14.6 Å². The molecule has 0 fully saturated rings. The van der Waals surface area contributed by atoms with Gasteiger partial charge in [0.25, 0.3) is 5.91 Å². The van der Waals surface area contributed by atoms with E-state index in [-0.39, 0.29) is 17.1 Å². The van der Waals surface area contributed by atoms with Gasteiger partial charge in [-0.15, -0.1) is 0 Å². The third kappa shape index (κ3) is 4.60. The van der Waals surface area contributed by atoms with Gasteiger partial charge >= 0.3 is 5.97 Å². The van der Waals surface area contributed by atoms with Crippen LogP contribution in [0.5, 0.6) is 0 Å². The second-order valence-electron chi connectivity index (χ2n) is 6.06. The van der Waals surface area contributed by atoms with Crippen LogP contribution in [0, 0.1) is 11.3 Å². The van der Waals surface area contributed by atoms with Crippen LogP contribution in [0.25, 0.3) is 17.0 Å². The molecule has 1 heterocycles. The number of nitrogens with zero attached hydrogens (tertiary/aromatic N) is 2. The van der Waals surface area contributed by atoms with Gasteiger partial charge in [-0.1, -0.05) is 41.4 Å². The van der Waals surface area contributed by atoms with Crippen molar-refractivity contribution in [2.24, 2.45) is 0 Å². The number of amides is 1. The molecule has 146 valence electrons. The van der Waals surface area contributed by atoms with Gasteiger partial charge in [0.1, 0.15) is 18.2 Å². The molecule has 0 aliphatic heterocycles. The molecule has 29 heavy (non-hydrogen) atoms. The average Bonchev–Trinajstić information content (AvgIpc) is 3.06. The van der Waals surface area contributed by atoms with Crippen molar-refractivity contribution in [3.63, 3.8) is 0 Å². The molecular weight excluding hydrogens is 413 g/mol. The Kier molecular flexibility index (Phi) is 6.23. The standard InChI is InChI=1S/C21H15Cl2N3O3/c1-29-20(27)12-26-11-14(16-4-2-3-5-19(16)26)8-13(10-24)21(28)25-15-6-7-17(22)18(23)9-15/h2-9,11H,12H2,1H3,(H,25,28)/b13-8-. The summed E-state index contributed by atoms with van der Waals surface area (Å²) >= 11 is 11.8. The van der Waals surface area contributed by atoms with Crippen molar-refractivity contribution in [3.8, 4) is 6.07 Å². The second kappa shape index (κ2) is 8.82. The molecule has 0 saturated heterocycles. The molecule has 1 amide bonds. The first-order valence-electron chi connectivity index (χ1n) is 8.46. The number of methoxy groups -OCH3 is 1. The number of aromatic nitrogens is 1. The summed E-state index contributed by atoms with van der Waals surface area (Å²) in [5, 5.41) is 13.6. The van der Waals surface area contributed by atoms with Gasteiger partial charge in [0.15, 0.2) is 0 Å². The maximum atomic E-state index is 12.6. The fourth-order valence-electron chi connectivity index (χ4n) is 2.80. The number of rotatable bonds is 5. The molecule has 1 aromatic heterocycles. The summed E-state index contributed by atoms with van der Waals surface area (Å²) in [4.78, 5) is 24.2. The fourth-order valence-corrected chi connectivity index (χ4v) is 3.10. The van der Waals surface area contributed by atoms with Crippen molar-refractivity contribution in [2.45, 2.75) is 6.54 Å². The van der Waals surface area contributed by atoms with Gasteiger partial charge in [0.05, 0.1) is 17.2 Å². The fraction of sp³-hybridized carbons (Fsp3) is 0.0952. The maximum absolute atomic E-state index is 12.6. The molecule has 0 aliphatic rings. The molecule has 8 heteroatoms. The van der Waals surface area contributed by atoms with Crippen molar-refractivity contribution in [3.05, 3.63) is 69.8 Å². The molecule has 0 saturated carbocycles. The van der Waals surface area contributed by atoms with E-state index < -0.39 is 11.9 Å². The molecule has 0 radical (unpaired) electrons. The van der Waals surface area contributed by atoms with Crippen LogP contribution in [0.4, 0.5) is 5.69 Å². The van der Waals surface area contributed by atoms with Crippen LogP contribution >= 0.6 is 23.2 Å². The minimum Gasteiger partial charge on any atom is -0.468 e. The van der Waals surface area contributed by atoms with Crippen LogP contribution in [0.2, 0.25) is 10.0 Å². The van der Waals surface area contributed by atoms with E-state index in [1.54, 1.807) is 22.9 Å². The zero-order valence-corrected chi connectivity index (χ0v) is 16.8. The first kappa shape index (κ1) is 20.5. The number of carbonyl (C=O) groups excluding carboxylic acids is 2. The molecule has 0 aliphatic carbocycles. The predicted molar refractivity (Wildman–Crippen MR) is 113 cm³/mol. The molecule has 6 nitrogen and oxygen atoms in total. The first-order chi connectivity index (χ1) is 13.9. The number of anilines is 1. The summed E-state index contributed by atoms with van der Waals surface area (Å²) in [6.45, 7) is 0.0161. The monoisotopic (exact) mass is 427 g/mol. The summed E-state index contributed by atoms with van der Waals surface area (Å²) in [6.07, 6.45) is 3.17. The highest BCUT2D eigenvalue weighted by Gasteiger charge is 2.14. The van der Waals surface area contributed by atoms with E-state index in [0.29, 0.717) is 16.3 Å². The van der Waals surface area contributed by atoms with Crippen LogP contribution in [-0.2, 0) is 20.9 Å². The normalized spacial score (nSPS) is 11.2. The lowest BCUT2D eigenvalue weighted by Gasteiger charge is -2.05. The highest BCUT2D eigenvalue weighted by molar-refractivity contribution is 6.42. The second-order valence-corrected chi connectivity index (χ2v) is 6.87. The number of esters is 1. The van der Waals surface area contributed by atoms with E-state index in [0.717, 1.165) is 10.9 Å². The van der Waals surface area contributed by atoms with Crippen molar-refractivity contribution >= 4 is 57.7 Å². The minimum atomic E-state index is -0.587. The number of hydrogen-bond donors (Lipinski definition) is 1. The Balaban J connectivity index is 1.95. The van der Waals surface area contributed by atoms with Gasteiger partial charge in [-0.05, 0) is 30.3 Å². The molecule has 3 aromatic rings. The molecule has 0 bridgehead atoms. The Labute approximate surface area is 176 Å². The summed E-state index contributed by atoms with van der Waals surface area (Å²) in [7, 11) is 1.32. The first-order valence-corrected chi connectivity index (χ1v) is 9.21. The number of halogens is 2. The molecular formula is C21H15Cl2N3O3. The third-order valence-corrected chi connectivity index (χ3v) is 4.93. The number of fused-ring (bicyclic) bond motifs is 1. The smallest absolute Gasteiger partial charge is 0.325 e. The van der Waals surface area contributed by atoms with E-state index >= 15 is 0 Å².